The van der Waals surface area contributed by atoms with Crippen molar-refractivity contribution in [1.29, 1.82) is 5.26 Å². The van der Waals surface area contributed by atoms with Crippen molar-refractivity contribution in [3.05, 3.63) is 40.7 Å². The molecule has 1 atom stereocenters. The Morgan fingerprint density at radius 2 is 2.03 bits per heavy atom. The first kappa shape index (κ1) is 24.5. The lowest BCUT2D eigenvalue weighted by atomic mass is 9.94. The van der Waals surface area contributed by atoms with Gasteiger partial charge in [0.25, 0.3) is 0 Å². The zero-order valence-electron chi connectivity index (χ0n) is 21.3. The van der Waals surface area contributed by atoms with Crippen molar-refractivity contribution in [2.75, 3.05) is 43.4 Å². The molecule has 0 saturated carbocycles. The third kappa shape index (κ3) is 3.76. The van der Waals surface area contributed by atoms with E-state index in [9.17, 15) is 9.65 Å². The quantitative estimate of drug-likeness (QED) is 0.386. The van der Waals surface area contributed by atoms with Crippen LogP contribution in [0.2, 0.25) is 0 Å². The molecule has 3 N–H and O–H groups in total. The van der Waals surface area contributed by atoms with E-state index in [4.69, 9.17) is 10.5 Å². The second kappa shape index (κ2) is 9.31. The number of nitrogens with two attached hydrogens (primary N) is 1. The predicted molar refractivity (Wildman–Crippen MR) is 145 cm³/mol. The Kier molecular flexibility index (Phi) is 5.85. The van der Waals surface area contributed by atoms with Gasteiger partial charge >= 0.3 is 0 Å². The Labute approximate surface area is 227 Å². The SMILES string of the molecule is CCNC1CCN(C2CN(c3ncc4c5c(c(-c6ncc(F)c7sc(N)c(C#N)c67)c(F)c4n3)COC5)C2)C1. The molecule has 0 spiro atoms. The molecule has 0 bridgehead atoms. The molecule has 200 valence electrons. The molecule has 2 fully saturated rings. The summed E-state index contributed by atoms with van der Waals surface area (Å²) < 4.78 is 37.0. The highest BCUT2D eigenvalue weighted by Gasteiger charge is 2.37. The van der Waals surface area contributed by atoms with Gasteiger partial charge in [-0.25, -0.2) is 18.7 Å². The summed E-state index contributed by atoms with van der Waals surface area (Å²) in [5.74, 6) is -0.718. The molecule has 1 aromatic carbocycles. The highest BCUT2D eigenvalue weighted by atomic mass is 32.1. The Balaban J connectivity index is 1.29. The number of thiophene rings is 1. The smallest absolute Gasteiger partial charge is 0.226 e. The van der Waals surface area contributed by atoms with Crippen molar-refractivity contribution >= 4 is 43.3 Å². The largest absolute Gasteiger partial charge is 0.389 e. The van der Waals surface area contributed by atoms with Crippen LogP contribution in [0.1, 0.15) is 30.0 Å². The van der Waals surface area contributed by atoms with Gasteiger partial charge in [-0.2, -0.15) is 5.26 Å². The Morgan fingerprint density at radius 1 is 1.21 bits per heavy atom. The number of ether oxygens (including phenoxy) is 1. The van der Waals surface area contributed by atoms with Gasteiger partial charge in [0.05, 0.1) is 35.4 Å². The molecule has 0 aliphatic carbocycles. The fourth-order valence-electron chi connectivity index (χ4n) is 6.12. The van der Waals surface area contributed by atoms with Crippen LogP contribution in [0.15, 0.2) is 12.4 Å². The molecule has 3 aromatic heterocycles. The highest BCUT2D eigenvalue weighted by Crippen LogP contribution is 2.45. The molecule has 12 heteroatoms. The molecular weight excluding hydrogens is 522 g/mol. The number of likely N-dealkylation sites (tertiary alicyclic amines) is 1. The summed E-state index contributed by atoms with van der Waals surface area (Å²) in [4.78, 5) is 18.1. The van der Waals surface area contributed by atoms with Gasteiger partial charge in [0.2, 0.25) is 5.95 Å². The summed E-state index contributed by atoms with van der Waals surface area (Å²) in [6.07, 6.45) is 3.86. The molecule has 39 heavy (non-hydrogen) atoms. The lowest BCUT2D eigenvalue weighted by Gasteiger charge is -2.44. The van der Waals surface area contributed by atoms with Gasteiger partial charge < -0.3 is 20.7 Å². The molecule has 0 amide bonds. The predicted octanol–water partition coefficient (Wildman–Crippen LogP) is 3.54. The monoisotopic (exact) mass is 548 g/mol. The number of nitrogens with zero attached hydrogens (tertiary/aromatic N) is 6. The molecule has 7 rings (SSSR count). The number of anilines is 2. The minimum atomic E-state index is -0.604. The summed E-state index contributed by atoms with van der Waals surface area (Å²) in [6, 6.07) is 3.00. The lowest BCUT2D eigenvalue weighted by Crippen LogP contribution is -2.59. The number of hydrogen-bond donors (Lipinski definition) is 2. The minimum absolute atomic E-state index is 0.0949. The number of likely N-dealkylation sites (N-methyl/N-ethyl adjacent to an activating group) is 1. The van der Waals surface area contributed by atoms with E-state index in [0.717, 1.165) is 62.2 Å². The fraction of sp³-hybridized carbons (Fsp3) is 0.407. The van der Waals surface area contributed by atoms with Crippen molar-refractivity contribution in [2.24, 2.45) is 0 Å². The van der Waals surface area contributed by atoms with Crippen molar-refractivity contribution in [3.8, 4) is 17.3 Å². The van der Waals surface area contributed by atoms with Gasteiger partial charge in [-0.05, 0) is 24.1 Å². The van der Waals surface area contributed by atoms with E-state index < -0.39 is 11.6 Å². The van der Waals surface area contributed by atoms with Gasteiger partial charge in [-0.15, -0.1) is 11.3 Å². The van der Waals surface area contributed by atoms with Gasteiger partial charge in [-0.3, -0.25) is 9.88 Å². The zero-order chi connectivity index (χ0) is 26.8. The van der Waals surface area contributed by atoms with Gasteiger partial charge in [0.15, 0.2) is 11.6 Å². The molecule has 4 aromatic rings. The maximum atomic E-state index is 16.5. The van der Waals surface area contributed by atoms with Crippen molar-refractivity contribution in [2.45, 2.75) is 38.6 Å². The van der Waals surface area contributed by atoms with Crippen LogP contribution in [0.4, 0.5) is 19.7 Å². The number of nitrogens with one attached hydrogen (secondary N) is 1. The molecule has 6 heterocycles. The number of hydrogen-bond acceptors (Lipinski definition) is 10. The molecule has 2 saturated heterocycles. The Hall–Kier alpha value is -3.50. The van der Waals surface area contributed by atoms with E-state index in [-0.39, 0.29) is 50.6 Å². The van der Waals surface area contributed by atoms with E-state index in [1.54, 1.807) is 6.20 Å². The summed E-state index contributed by atoms with van der Waals surface area (Å²) >= 11 is 0.958. The van der Waals surface area contributed by atoms with Crippen molar-refractivity contribution in [3.63, 3.8) is 0 Å². The Morgan fingerprint density at radius 3 is 2.82 bits per heavy atom. The van der Waals surface area contributed by atoms with Crippen molar-refractivity contribution in [1.82, 2.24) is 25.2 Å². The van der Waals surface area contributed by atoms with E-state index in [2.05, 4.69) is 37.0 Å². The van der Waals surface area contributed by atoms with Crippen LogP contribution >= 0.6 is 11.3 Å². The second-order valence-corrected chi connectivity index (χ2v) is 11.3. The number of pyridine rings is 1. The molecule has 1 unspecified atom stereocenters. The van der Waals surface area contributed by atoms with Gasteiger partial charge in [0, 0.05) is 60.8 Å². The van der Waals surface area contributed by atoms with E-state index in [1.165, 1.54) is 0 Å². The molecule has 0 radical (unpaired) electrons. The van der Waals surface area contributed by atoms with Gasteiger partial charge in [0.1, 0.15) is 16.6 Å². The summed E-state index contributed by atoms with van der Waals surface area (Å²) in [5.41, 5.74) is 8.02. The lowest BCUT2D eigenvalue weighted by molar-refractivity contribution is 0.135. The standard InChI is InChI=1S/C27H26F2N8OS/c1-2-32-13-3-4-36(8-13)14-9-37(10-14)27-34-6-16-17-11-38-12-18(17)20(22(29)23(16)35-27)24-21-15(5-30)26(31)39-25(21)19(28)7-33-24/h6-7,13-14,32H,2-4,8-12,31H2,1H3. The van der Waals surface area contributed by atoms with Crippen LogP contribution in [0, 0.1) is 23.0 Å². The van der Waals surface area contributed by atoms with Crippen LogP contribution in [0.5, 0.6) is 0 Å². The average molecular weight is 549 g/mol. The van der Waals surface area contributed by atoms with E-state index >= 15 is 4.39 Å². The maximum absolute atomic E-state index is 16.5. The Bertz CT molecular complexity index is 1680. The van der Waals surface area contributed by atoms with Crippen LogP contribution < -0.4 is 16.0 Å². The minimum Gasteiger partial charge on any atom is -0.389 e. The van der Waals surface area contributed by atoms with Crippen LogP contribution in [0.3, 0.4) is 0 Å². The summed E-state index contributed by atoms with van der Waals surface area (Å²) in [5, 5.41) is 14.2. The number of rotatable bonds is 5. The number of nitrogen functional groups attached to an aromatic ring is 1. The number of halogens is 2. The number of aromatic nitrogens is 3. The number of nitriles is 1. The summed E-state index contributed by atoms with van der Waals surface area (Å²) in [7, 11) is 0. The topological polar surface area (TPSA) is 116 Å². The first-order valence-corrected chi connectivity index (χ1v) is 13.9. The zero-order valence-corrected chi connectivity index (χ0v) is 22.1. The molecule has 3 aliphatic rings. The third-order valence-corrected chi connectivity index (χ3v) is 9.13. The third-order valence-electron chi connectivity index (χ3n) is 8.11. The van der Waals surface area contributed by atoms with Crippen LogP contribution in [-0.2, 0) is 18.0 Å². The van der Waals surface area contributed by atoms with Crippen molar-refractivity contribution < 1.29 is 13.5 Å². The first-order valence-electron chi connectivity index (χ1n) is 13.1. The highest BCUT2D eigenvalue weighted by molar-refractivity contribution is 7.23. The number of benzene rings is 1. The fourth-order valence-corrected chi connectivity index (χ4v) is 7.04. The van der Waals surface area contributed by atoms with E-state index in [1.807, 2.05) is 6.07 Å². The van der Waals surface area contributed by atoms with E-state index in [0.29, 0.717) is 29.0 Å². The first-order chi connectivity index (χ1) is 19.0. The normalized spacial score (nSPS) is 19.6. The average Bonchev–Trinajstić information content (AvgIpc) is 3.64. The van der Waals surface area contributed by atoms with Gasteiger partial charge in [-0.1, -0.05) is 6.92 Å². The van der Waals surface area contributed by atoms with Crippen LogP contribution in [0.25, 0.3) is 32.2 Å². The molecular formula is C27H26F2N8OS. The molecule has 9 nitrogen and oxygen atoms in total. The summed E-state index contributed by atoms with van der Waals surface area (Å²) in [6.45, 7) is 7.21. The molecule has 3 aliphatic heterocycles. The second-order valence-electron chi connectivity index (χ2n) is 10.3. The number of fused-ring (bicyclic) bond motifs is 4. The maximum Gasteiger partial charge on any atom is 0.226 e. The van der Waals surface area contributed by atoms with Crippen LogP contribution in [-0.4, -0.2) is 64.7 Å².